The largest absolute Gasteiger partial charge is 0.369 e. The molecule has 1 aliphatic carbocycles. The summed E-state index contributed by atoms with van der Waals surface area (Å²) in [5.41, 5.74) is 2.97. The van der Waals surface area contributed by atoms with E-state index >= 15 is 0 Å². The molecule has 0 N–H and O–H groups in total. The summed E-state index contributed by atoms with van der Waals surface area (Å²) >= 11 is 0. The van der Waals surface area contributed by atoms with Crippen molar-refractivity contribution in [3.05, 3.63) is 65.7 Å². The highest BCUT2D eigenvalue weighted by molar-refractivity contribution is 5.83. The highest BCUT2D eigenvalue weighted by Crippen LogP contribution is 2.48. The van der Waals surface area contributed by atoms with Gasteiger partial charge in [0.05, 0.1) is 11.3 Å². The van der Waals surface area contributed by atoms with Crippen LogP contribution in [0.25, 0.3) is 0 Å². The summed E-state index contributed by atoms with van der Waals surface area (Å²) in [7, 11) is 0. The number of benzene rings is 2. The third-order valence-electron chi connectivity index (χ3n) is 5.51. The smallest absolute Gasteiger partial charge is 0.226 e. The maximum Gasteiger partial charge on any atom is 0.226 e. The van der Waals surface area contributed by atoms with E-state index < -0.39 is 0 Å². The van der Waals surface area contributed by atoms with Gasteiger partial charge in [-0.2, -0.15) is 5.26 Å². The van der Waals surface area contributed by atoms with Crippen molar-refractivity contribution in [2.24, 2.45) is 5.92 Å². The van der Waals surface area contributed by atoms with Crippen LogP contribution < -0.4 is 4.90 Å². The van der Waals surface area contributed by atoms with Crippen molar-refractivity contribution in [3.63, 3.8) is 0 Å². The van der Waals surface area contributed by atoms with Crippen LogP contribution >= 0.6 is 0 Å². The van der Waals surface area contributed by atoms with Crippen LogP contribution in [0.3, 0.4) is 0 Å². The molecule has 2 fully saturated rings. The van der Waals surface area contributed by atoms with Crippen molar-refractivity contribution in [1.29, 1.82) is 5.26 Å². The summed E-state index contributed by atoms with van der Waals surface area (Å²) in [5, 5.41) is 9.34. The molecule has 2 aromatic rings. The number of hydrogen-bond acceptors (Lipinski definition) is 3. The van der Waals surface area contributed by atoms with Gasteiger partial charge in [0, 0.05) is 32.1 Å². The van der Waals surface area contributed by atoms with E-state index in [2.05, 4.69) is 23.1 Å². The number of anilines is 1. The van der Waals surface area contributed by atoms with Crippen molar-refractivity contribution < 1.29 is 4.79 Å². The first-order valence-electron chi connectivity index (χ1n) is 9.36. The standard InChI is InChI=1S/C22H23N3O/c23-16-18-9-4-5-10-21(18)24-11-6-12-25(14-13-24)22(26)20-15-19(20)17-7-2-1-3-8-17/h1-5,7-10,19-20H,6,11-15H2/t19-,20-/m1/s1. The van der Waals surface area contributed by atoms with Crippen LogP contribution in [0.1, 0.15) is 29.9 Å². The van der Waals surface area contributed by atoms with Crippen LogP contribution in [0.2, 0.25) is 0 Å². The zero-order chi connectivity index (χ0) is 17.9. The minimum atomic E-state index is 0.148. The van der Waals surface area contributed by atoms with Gasteiger partial charge in [-0.25, -0.2) is 0 Å². The van der Waals surface area contributed by atoms with E-state index in [1.165, 1.54) is 5.56 Å². The van der Waals surface area contributed by atoms with Gasteiger partial charge >= 0.3 is 0 Å². The number of carbonyl (C=O) groups is 1. The van der Waals surface area contributed by atoms with Crippen molar-refractivity contribution in [2.75, 3.05) is 31.1 Å². The lowest BCUT2D eigenvalue weighted by Crippen LogP contribution is -2.36. The van der Waals surface area contributed by atoms with E-state index in [0.29, 0.717) is 17.4 Å². The number of nitrogens with zero attached hydrogens (tertiary/aromatic N) is 3. The first-order chi connectivity index (χ1) is 12.8. The van der Waals surface area contributed by atoms with Crippen LogP contribution in [0.4, 0.5) is 5.69 Å². The van der Waals surface area contributed by atoms with E-state index in [-0.39, 0.29) is 5.92 Å². The first kappa shape index (κ1) is 16.7. The lowest BCUT2D eigenvalue weighted by molar-refractivity contribution is -0.132. The predicted octanol–water partition coefficient (Wildman–Crippen LogP) is 3.40. The van der Waals surface area contributed by atoms with Crippen LogP contribution in [0.15, 0.2) is 54.6 Å². The Kier molecular flexibility index (Phi) is 4.62. The Morgan fingerprint density at radius 2 is 1.73 bits per heavy atom. The fourth-order valence-electron chi connectivity index (χ4n) is 3.99. The van der Waals surface area contributed by atoms with Gasteiger partial charge in [0.25, 0.3) is 0 Å². The predicted molar refractivity (Wildman–Crippen MR) is 102 cm³/mol. The summed E-state index contributed by atoms with van der Waals surface area (Å²) in [6.07, 6.45) is 1.91. The number of carbonyl (C=O) groups excluding carboxylic acids is 1. The van der Waals surface area contributed by atoms with Crippen LogP contribution in [0, 0.1) is 17.2 Å². The normalized spacial score (nSPS) is 22.4. The molecule has 1 heterocycles. The molecule has 1 saturated carbocycles. The van der Waals surface area contributed by atoms with Gasteiger partial charge in [-0.3, -0.25) is 4.79 Å². The molecule has 132 valence electrons. The highest BCUT2D eigenvalue weighted by atomic mass is 16.2. The van der Waals surface area contributed by atoms with Gasteiger partial charge in [-0.15, -0.1) is 0 Å². The fourth-order valence-corrected chi connectivity index (χ4v) is 3.99. The molecule has 4 heteroatoms. The number of rotatable bonds is 3. The van der Waals surface area contributed by atoms with E-state index in [4.69, 9.17) is 0 Å². The van der Waals surface area contributed by atoms with E-state index in [0.717, 1.165) is 44.7 Å². The third-order valence-corrected chi connectivity index (χ3v) is 5.51. The van der Waals surface area contributed by atoms with Gasteiger partial charge in [0.15, 0.2) is 0 Å². The molecule has 26 heavy (non-hydrogen) atoms. The number of nitriles is 1. The molecule has 0 aromatic heterocycles. The van der Waals surface area contributed by atoms with Crippen molar-refractivity contribution >= 4 is 11.6 Å². The van der Waals surface area contributed by atoms with Gasteiger partial charge in [0.1, 0.15) is 6.07 Å². The maximum absolute atomic E-state index is 12.9. The Hall–Kier alpha value is -2.80. The molecule has 0 bridgehead atoms. The Bertz CT molecular complexity index is 827. The lowest BCUT2D eigenvalue weighted by atomic mass is 10.1. The average molecular weight is 345 g/mol. The van der Waals surface area contributed by atoms with Crippen LogP contribution in [-0.4, -0.2) is 37.0 Å². The molecule has 2 aromatic carbocycles. The first-order valence-corrected chi connectivity index (χ1v) is 9.36. The van der Waals surface area contributed by atoms with E-state index in [1.54, 1.807) is 0 Å². The van der Waals surface area contributed by atoms with Gasteiger partial charge in [-0.1, -0.05) is 42.5 Å². The zero-order valence-corrected chi connectivity index (χ0v) is 14.8. The lowest BCUT2D eigenvalue weighted by Gasteiger charge is -2.24. The molecule has 0 unspecified atom stereocenters. The second kappa shape index (κ2) is 7.21. The molecule has 1 saturated heterocycles. The summed E-state index contributed by atoms with van der Waals surface area (Å²) in [6, 6.07) is 20.4. The Labute approximate surface area is 154 Å². The summed E-state index contributed by atoms with van der Waals surface area (Å²) in [6.45, 7) is 3.21. The molecule has 1 aliphatic heterocycles. The molecule has 2 atom stereocenters. The Balaban J connectivity index is 1.40. The van der Waals surface area contributed by atoms with Crippen molar-refractivity contribution in [3.8, 4) is 6.07 Å². The molecular formula is C22H23N3O. The minimum absolute atomic E-state index is 0.148. The highest BCUT2D eigenvalue weighted by Gasteiger charge is 2.45. The van der Waals surface area contributed by atoms with Gasteiger partial charge in [0.2, 0.25) is 5.91 Å². The third kappa shape index (κ3) is 3.30. The van der Waals surface area contributed by atoms with Crippen molar-refractivity contribution in [2.45, 2.75) is 18.8 Å². The molecular weight excluding hydrogens is 322 g/mol. The summed E-state index contributed by atoms with van der Waals surface area (Å²) in [4.78, 5) is 17.2. The quantitative estimate of drug-likeness (QED) is 0.856. The second-order valence-electron chi connectivity index (χ2n) is 7.15. The molecule has 1 amide bonds. The van der Waals surface area contributed by atoms with E-state index in [1.807, 2.05) is 47.4 Å². The topological polar surface area (TPSA) is 47.3 Å². The summed E-state index contributed by atoms with van der Waals surface area (Å²) in [5.74, 6) is 0.840. The zero-order valence-electron chi connectivity index (χ0n) is 14.8. The van der Waals surface area contributed by atoms with Crippen LogP contribution in [-0.2, 0) is 4.79 Å². The monoisotopic (exact) mass is 345 g/mol. The van der Waals surface area contributed by atoms with Crippen molar-refractivity contribution in [1.82, 2.24) is 4.90 Å². The second-order valence-corrected chi connectivity index (χ2v) is 7.15. The van der Waals surface area contributed by atoms with Crippen LogP contribution in [0.5, 0.6) is 0 Å². The number of amides is 1. The van der Waals surface area contributed by atoms with E-state index in [9.17, 15) is 10.1 Å². The van der Waals surface area contributed by atoms with Gasteiger partial charge < -0.3 is 9.80 Å². The molecule has 4 nitrogen and oxygen atoms in total. The summed E-state index contributed by atoms with van der Waals surface area (Å²) < 4.78 is 0. The average Bonchev–Trinajstić information content (AvgIpc) is 3.52. The Morgan fingerprint density at radius 3 is 2.54 bits per heavy atom. The Morgan fingerprint density at radius 1 is 0.962 bits per heavy atom. The number of para-hydroxylation sites is 1. The minimum Gasteiger partial charge on any atom is -0.369 e. The van der Waals surface area contributed by atoms with Gasteiger partial charge in [-0.05, 0) is 36.5 Å². The number of hydrogen-bond donors (Lipinski definition) is 0. The molecule has 0 spiro atoms. The molecule has 4 rings (SSSR count). The SMILES string of the molecule is N#Cc1ccccc1N1CCCN(C(=O)[C@@H]2C[C@@H]2c2ccccc2)CC1. The maximum atomic E-state index is 12.9. The molecule has 2 aliphatic rings. The molecule has 0 radical (unpaired) electrons. The fraction of sp³-hybridized carbons (Fsp3) is 0.364.